The van der Waals surface area contributed by atoms with Crippen LogP contribution in [0.15, 0.2) is 46.7 Å². The highest BCUT2D eigenvalue weighted by Crippen LogP contribution is 2.28. The van der Waals surface area contributed by atoms with Gasteiger partial charge in [-0.15, -0.1) is 0 Å². The van der Waals surface area contributed by atoms with Crippen molar-refractivity contribution in [2.24, 2.45) is 0 Å². The van der Waals surface area contributed by atoms with Crippen LogP contribution in [0.1, 0.15) is 19.4 Å². The smallest absolute Gasteiger partial charge is 0.322 e. The number of anilines is 1. The zero-order chi connectivity index (χ0) is 17.8. The molecule has 0 saturated carbocycles. The quantitative estimate of drug-likeness (QED) is 0.850. The molecule has 2 atom stereocenters. The van der Waals surface area contributed by atoms with Crippen molar-refractivity contribution in [3.63, 3.8) is 0 Å². The lowest BCUT2D eigenvalue weighted by atomic mass is 10.2. The van der Waals surface area contributed by atoms with Crippen molar-refractivity contribution < 1.29 is 9.53 Å². The lowest BCUT2D eigenvalue weighted by Gasteiger charge is -2.35. The molecule has 0 aliphatic carbocycles. The highest BCUT2D eigenvalue weighted by Gasteiger charge is 2.26. The fourth-order valence-corrected chi connectivity index (χ4v) is 3.63. The van der Waals surface area contributed by atoms with Gasteiger partial charge >= 0.3 is 6.03 Å². The molecule has 0 spiro atoms. The Kier molecular flexibility index (Phi) is 5.55. The first-order chi connectivity index (χ1) is 12.0. The van der Waals surface area contributed by atoms with Gasteiger partial charge in [-0.25, -0.2) is 14.8 Å². The number of aromatic nitrogens is 2. The summed E-state index contributed by atoms with van der Waals surface area (Å²) >= 11 is 1.50. The number of morpholine rings is 1. The van der Waals surface area contributed by atoms with Gasteiger partial charge in [-0.05, 0) is 62.4 Å². The normalized spacial score (nSPS) is 20.4. The van der Waals surface area contributed by atoms with Crippen molar-refractivity contribution >= 4 is 23.5 Å². The van der Waals surface area contributed by atoms with Gasteiger partial charge in [0.1, 0.15) is 0 Å². The molecule has 1 aromatic carbocycles. The zero-order valence-corrected chi connectivity index (χ0v) is 15.4. The van der Waals surface area contributed by atoms with Crippen LogP contribution in [0.4, 0.5) is 10.5 Å². The van der Waals surface area contributed by atoms with Crippen LogP contribution >= 0.6 is 11.8 Å². The molecule has 2 heterocycles. The third kappa shape index (κ3) is 4.70. The molecule has 1 saturated heterocycles. The highest BCUT2D eigenvalue weighted by molar-refractivity contribution is 7.99. The first kappa shape index (κ1) is 17.7. The largest absolute Gasteiger partial charge is 0.372 e. The summed E-state index contributed by atoms with van der Waals surface area (Å²) < 4.78 is 5.68. The summed E-state index contributed by atoms with van der Waals surface area (Å²) in [5, 5.41) is 3.71. The Morgan fingerprint density at radius 1 is 1.24 bits per heavy atom. The maximum atomic E-state index is 12.5. The van der Waals surface area contributed by atoms with E-state index in [0.29, 0.717) is 18.2 Å². The van der Waals surface area contributed by atoms with Crippen molar-refractivity contribution in [2.75, 3.05) is 18.4 Å². The molecule has 1 N–H and O–H groups in total. The van der Waals surface area contributed by atoms with E-state index in [4.69, 9.17) is 4.74 Å². The average molecular weight is 358 g/mol. The van der Waals surface area contributed by atoms with Crippen LogP contribution in [0.5, 0.6) is 0 Å². The number of carbonyl (C=O) groups excluding carboxylic acids is 1. The standard InChI is InChI=1S/C18H22N4O2S/c1-12-9-15(25-17-19-7-4-8-20-17)5-6-16(12)21-18(23)22-10-13(2)24-14(3)11-22/h4-9,13-14H,10-11H2,1-3H3,(H,21,23). The second-order valence-corrected chi connectivity index (χ2v) is 7.24. The first-order valence-electron chi connectivity index (χ1n) is 8.28. The lowest BCUT2D eigenvalue weighted by Crippen LogP contribution is -2.49. The second-order valence-electron chi connectivity index (χ2n) is 6.20. The summed E-state index contributed by atoms with van der Waals surface area (Å²) in [6.45, 7) is 7.16. The van der Waals surface area contributed by atoms with Crippen LogP contribution in [0.3, 0.4) is 0 Å². The number of aryl methyl sites for hydroxylation is 1. The van der Waals surface area contributed by atoms with Gasteiger partial charge in [0.05, 0.1) is 12.2 Å². The van der Waals surface area contributed by atoms with Gasteiger partial charge < -0.3 is 15.0 Å². The molecule has 3 rings (SSSR count). The number of carbonyl (C=O) groups is 1. The van der Waals surface area contributed by atoms with Crippen LogP contribution < -0.4 is 5.32 Å². The van der Waals surface area contributed by atoms with E-state index in [1.54, 1.807) is 23.4 Å². The van der Waals surface area contributed by atoms with Crippen molar-refractivity contribution in [3.05, 3.63) is 42.2 Å². The average Bonchev–Trinajstić information content (AvgIpc) is 2.57. The van der Waals surface area contributed by atoms with Crippen LogP contribution in [-0.2, 0) is 4.74 Å². The predicted octanol–water partition coefficient (Wildman–Crippen LogP) is 3.58. The van der Waals surface area contributed by atoms with E-state index in [9.17, 15) is 4.79 Å². The summed E-state index contributed by atoms with van der Waals surface area (Å²) in [5.41, 5.74) is 1.82. The molecular weight excluding hydrogens is 336 g/mol. The van der Waals surface area contributed by atoms with E-state index < -0.39 is 0 Å². The number of nitrogens with one attached hydrogen (secondary N) is 1. The van der Waals surface area contributed by atoms with E-state index >= 15 is 0 Å². The van der Waals surface area contributed by atoms with Crippen LogP contribution in [0.2, 0.25) is 0 Å². The number of urea groups is 1. The Bertz CT molecular complexity index is 731. The summed E-state index contributed by atoms with van der Waals surface area (Å²) in [6, 6.07) is 7.62. The Morgan fingerprint density at radius 3 is 2.56 bits per heavy atom. The predicted molar refractivity (Wildman–Crippen MR) is 97.9 cm³/mol. The minimum Gasteiger partial charge on any atom is -0.372 e. The van der Waals surface area contributed by atoms with E-state index in [1.807, 2.05) is 39.0 Å². The van der Waals surface area contributed by atoms with E-state index in [-0.39, 0.29) is 18.2 Å². The minimum atomic E-state index is -0.0862. The molecule has 0 bridgehead atoms. The maximum Gasteiger partial charge on any atom is 0.322 e. The minimum absolute atomic E-state index is 0.0558. The van der Waals surface area contributed by atoms with Crippen LogP contribution in [0, 0.1) is 6.92 Å². The number of nitrogens with zero attached hydrogens (tertiary/aromatic N) is 3. The molecular formula is C18H22N4O2S. The monoisotopic (exact) mass is 358 g/mol. The molecule has 0 radical (unpaired) electrons. The summed E-state index contributed by atoms with van der Waals surface area (Å²) in [7, 11) is 0. The van der Waals surface area contributed by atoms with E-state index in [0.717, 1.165) is 16.1 Å². The summed E-state index contributed by atoms with van der Waals surface area (Å²) in [5.74, 6) is 0. The molecule has 25 heavy (non-hydrogen) atoms. The number of hydrogen-bond acceptors (Lipinski definition) is 5. The van der Waals surface area contributed by atoms with Gasteiger partial charge in [-0.3, -0.25) is 0 Å². The van der Waals surface area contributed by atoms with Crippen molar-refractivity contribution in [1.82, 2.24) is 14.9 Å². The number of hydrogen-bond donors (Lipinski definition) is 1. The van der Waals surface area contributed by atoms with Crippen LogP contribution in [0.25, 0.3) is 0 Å². The lowest BCUT2D eigenvalue weighted by molar-refractivity contribution is -0.0530. The molecule has 2 amide bonds. The molecule has 2 aromatic rings. The topological polar surface area (TPSA) is 67.4 Å². The molecule has 1 aliphatic rings. The third-order valence-corrected chi connectivity index (χ3v) is 4.78. The Hall–Kier alpha value is -2.12. The molecule has 1 aliphatic heterocycles. The molecule has 2 unspecified atom stereocenters. The first-order valence-corrected chi connectivity index (χ1v) is 9.10. The van der Waals surface area contributed by atoms with Gasteiger partial charge in [0.15, 0.2) is 5.16 Å². The maximum absolute atomic E-state index is 12.5. The van der Waals surface area contributed by atoms with E-state index in [1.165, 1.54) is 11.8 Å². The molecule has 1 aromatic heterocycles. The third-order valence-electron chi connectivity index (χ3n) is 3.90. The van der Waals surface area contributed by atoms with Gasteiger partial charge in [0, 0.05) is 36.1 Å². The van der Waals surface area contributed by atoms with Gasteiger partial charge in [0.2, 0.25) is 0 Å². The SMILES string of the molecule is Cc1cc(Sc2ncccn2)ccc1NC(=O)N1CC(C)OC(C)C1. The van der Waals surface area contributed by atoms with Gasteiger partial charge in [-0.1, -0.05) is 0 Å². The van der Waals surface area contributed by atoms with Crippen LogP contribution in [-0.4, -0.2) is 46.2 Å². The fraction of sp³-hybridized carbons (Fsp3) is 0.389. The number of amides is 2. The highest BCUT2D eigenvalue weighted by atomic mass is 32.2. The Morgan fingerprint density at radius 2 is 1.92 bits per heavy atom. The number of ether oxygens (including phenoxy) is 1. The van der Waals surface area contributed by atoms with E-state index in [2.05, 4.69) is 15.3 Å². The molecule has 6 nitrogen and oxygen atoms in total. The number of rotatable bonds is 3. The van der Waals surface area contributed by atoms with Crippen molar-refractivity contribution in [3.8, 4) is 0 Å². The zero-order valence-electron chi connectivity index (χ0n) is 14.6. The van der Waals surface area contributed by atoms with Gasteiger partial charge in [-0.2, -0.15) is 0 Å². The molecule has 7 heteroatoms. The Balaban J connectivity index is 1.66. The molecule has 1 fully saturated rings. The summed E-state index contributed by atoms with van der Waals surface area (Å²) in [4.78, 5) is 23.8. The fourth-order valence-electron chi connectivity index (χ4n) is 2.82. The second kappa shape index (κ2) is 7.84. The van der Waals surface area contributed by atoms with Crippen molar-refractivity contribution in [2.45, 2.75) is 43.0 Å². The Labute approximate surface area is 152 Å². The number of benzene rings is 1. The summed E-state index contributed by atoms with van der Waals surface area (Å²) in [6.07, 6.45) is 3.56. The molecule has 132 valence electrons. The van der Waals surface area contributed by atoms with Gasteiger partial charge in [0.25, 0.3) is 0 Å². The van der Waals surface area contributed by atoms with Crippen molar-refractivity contribution in [1.29, 1.82) is 0 Å².